The molecule has 6 heteroatoms. The van der Waals surface area contributed by atoms with Gasteiger partial charge in [0.1, 0.15) is 11.5 Å². The average Bonchev–Trinajstić information content (AvgIpc) is 3.50. The van der Waals surface area contributed by atoms with Gasteiger partial charge in [-0.3, -0.25) is 9.59 Å². The summed E-state index contributed by atoms with van der Waals surface area (Å²) in [6.07, 6.45) is 3.81. The van der Waals surface area contributed by atoms with Gasteiger partial charge in [0, 0.05) is 51.0 Å². The number of rotatable bonds is 6. The lowest BCUT2D eigenvalue weighted by atomic mass is 9.93. The molecule has 172 valence electrons. The Bertz CT molecular complexity index is 1440. The highest BCUT2D eigenvalue weighted by molar-refractivity contribution is 6.46. The fraction of sp³-hybridized carbons (Fsp3) is 0.250. The Balaban J connectivity index is 1.61. The second kappa shape index (κ2) is 8.78. The zero-order valence-corrected chi connectivity index (χ0v) is 19.0. The van der Waals surface area contributed by atoms with E-state index in [1.165, 1.54) is 12.1 Å². The Morgan fingerprint density at radius 1 is 0.882 bits per heavy atom. The lowest BCUT2D eigenvalue weighted by Crippen LogP contribution is -2.22. The van der Waals surface area contributed by atoms with Gasteiger partial charge >= 0.3 is 0 Å². The highest BCUT2D eigenvalue weighted by atomic mass is 16.4. The predicted molar refractivity (Wildman–Crippen MR) is 132 cm³/mol. The molecular formula is C28H26N2O4. The van der Waals surface area contributed by atoms with Crippen molar-refractivity contribution >= 4 is 39.1 Å². The van der Waals surface area contributed by atoms with Gasteiger partial charge < -0.3 is 14.9 Å². The summed E-state index contributed by atoms with van der Waals surface area (Å²) >= 11 is 0. The van der Waals surface area contributed by atoms with Crippen molar-refractivity contribution in [2.75, 3.05) is 0 Å². The number of oxime groups is 1. The average molecular weight is 455 g/mol. The van der Waals surface area contributed by atoms with Gasteiger partial charge in [0.05, 0.1) is 0 Å². The van der Waals surface area contributed by atoms with Gasteiger partial charge in [0.15, 0.2) is 5.78 Å². The fourth-order valence-electron chi connectivity index (χ4n) is 5.17. The summed E-state index contributed by atoms with van der Waals surface area (Å²) in [5.74, 6) is -0.272. The van der Waals surface area contributed by atoms with E-state index in [0.29, 0.717) is 16.7 Å². The molecule has 5 rings (SSSR count). The second-order valence-corrected chi connectivity index (χ2v) is 8.88. The number of nitrogens with zero attached hydrogens (tertiary/aromatic N) is 2. The van der Waals surface area contributed by atoms with E-state index in [9.17, 15) is 19.9 Å². The summed E-state index contributed by atoms with van der Waals surface area (Å²) in [5, 5.41) is 24.3. The van der Waals surface area contributed by atoms with Crippen LogP contribution < -0.4 is 0 Å². The number of carbonyl (C=O) groups excluding carboxylic acids is 2. The van der Waals surface area contributed by atoms with Crippen molar-refractivity contribution in [2.45, 2.75) is 39.2 Å². The molecule has 1 fully saturated rings. The number of phenolic OH excluding ortho intramolecular Hbond substituents is 1. The quantitative estimate of drug-likeness (QED) is 0.163. The lowest BCUT2D eigenvalue weighted by molar-refractivity contribution is 0.103. The van der Waals surface area contributed by atoms with Gasteiger partial charge in [-0.25, -0.2) is 0 Å². The van der Waals surface area contributed by atoms with E-state index in [1.807, 2.05) is 30.3 Å². The molecule has 1 aliphatic carbocycles. The molecule has 0 saturated heterocycles. The number of hydrogen-bond acceptors (Lipinski definition) is 5. The zero-order valence-electron chi connectivity index (χ0n) is 19.0. The molecule has 0 bridgehead atoms. The number of aromatic nitrogens is 1. The third kappa shape index (κ3) is 3.65. The van der Waals surface area contributed by atoms with Crippen molar-refractivity contribution in [3.63, 3.8) is 0 Å². The number of carbonyl (C=O) groups is 2. The van der Waals surface area contributed by atoms with Crippen LogP contribution in [0.1, 0.15) is 58.9 Å². The number of fused-ring (bicyclic) bond motifs is 3. The molecule has 0 amide bonds. The maximum absolute atomic E-state index is 13.2. The maximum atomic E-state index is 13.2. The van der Waals surface area contributed by atoms with Crippen LogP contribution in [0.15, 0.2) is 65.8 Å². The maximum Gasteiger partial charge on any atom is 0.210 e. The zero-order chi connectivity index (χ0) is 23.8. The third-order valence-electron chi connectivity index (χ3n) is 6.92. The minimum absolute atomic E-state index is 0.000264. The Kier molecular flexibility index (Phi) is 5.65. The van der Waals surface area contributed by atoms with Gasteiger partial charge in [-0.05, 0) is 80.4 Å². The molecule has 3 aromatic carbocycles. The summed E-state index contributed by atoms with van der Waals surface area (Å²) in [6.45, 7) is 2.80. The predicted octanol–water partition coefficient (Wildman–Crippen LogP) is 5.95. The Hall–Kier alpha value is -3.93. The van der Waals surface area contributed by atoms with Gasteiger partial charge in [-0.2, -0.15) is 0 Å². The number of ketones is 2. The van der Waals surface area contributed by atoms with E-state index in [1.54, 1.807) is 18.2 Å². The first-order valence-corrected chi connectivity index (χ1v) is 11.7. The number of hydrogen-bond donors (Lipinski definition) is 2. The largest absolute Gasteiger partial charge is 0.508 e. The van der Waals surface area contributed by atoms with Crippen molar-refractivity contribution in [3.05, 3.63) is 77.4 Å². The molecule has 0 radical (unpaired) electrons. The summed E-state index contributed by atoms with van der Waals surface area (Å²) in [5.41, 5.74) is 3.71. The molecule has 0 aliphatic heterocycles. The third-order valence-corrected chi connectivity index (χ3v) is 6.92. The van der Waals surface area contributed by atoms with Crippen LogP contribution in [0.5, 0.6) is 5.75 Å². The summed E-state index contributed by atoms with van der Waals surface area (Å²) in [4.78, 5) is 26.3. The van der Waals surface area contributed by atoms with Crippen LogP contribution in [-0.2, 0) is 6.54 Å². The van der Waals surface area contributed by atoms with E-state index < -0.39 is 0 Å². The van der Waals surface area contributed by atoms with Crippen LogP contribution in [-0.4, -0.2) is 32.2 Å². The molecule has 0 unspecified atom stereocenters. The molecule has 0 spiro atoms. The van der Waals surface area contributed by atoms with E-state index >= 15 is 0 Å². The van der Waals surface area contributed by atoms with Gasteiger partial charge in [-0.15, -0.1) is 0 Å². The minimum Gasteiger partial charge on any atom is -0.508 e. The van der Waals surface area contributed by atoms with E-state index in [2.05, 4.69) is 16.6 Å². The summed E-state index contributed by atoms with van der Waals surface area (Å²) < 4.78 is 2.16. The van der Waals surface area contributed by atoms with E-state index in [-0.39, 0.29) is 28.9 Å². The number of aromatic hydroxyl groups is 1. The van der Waals surface area contributed by atoms with Crippen LogP contribution in [0.2, 0.25) is 0 Å². The van der Waals surface area contributed by atoms with E-state index in [4.69, 9.17) is 0 Å². The molecule has 2 N–H and O–H groups in total. The molecule has 4 aromatic rings. The molecule has 6 nitrogen and oxygen atoms in total. The number of benzene rings is 3. The molecule has 1 saturated carbocycles. The van der Waals surface area contributed by atoms with E-state index in [0.717, 1.165) is 54.0 Å². The first-order valence-electron chi connectivity index (χ1n) is 11.7. The second-order valence-electron chi connectivity index (χ2n) is 8.88. The minimum atomic E-state index is -0.245. The van der Waals surface area contributed by atoms with Gasteiger partial charge in [-0.1, -0.05) is 18.0 Å². The van der Waals surface area contributed by atoms with Crippen LogP contribution >= 0.6 is 0 Å². The van der Waals surface area contributed by atoms with Gasteiger partial charge in [0.2, 0.25) is 5.78 Å². The SMILES string of the molecule is CCn1c2ccc(C(=O)/C(=N/O)C3CCCC3)cc2c2cc(C(=O)c3ccc(O)cc3)ccc21. The van der Waals surface area contributed by atoms with Crippen molar-refractivity contribution in [1.82, 2.24) is 4.57 Å². The molecule has 1 aromatic heterocycles. The van der Waals surface area contributed by atoms with Crippen LogP contribution in [0.25, 0.3) is 21.8 Å². The number of aryl methyl sites for hydroxylation is 1. The molecule has 0 atom stereocenters. The molecular weight excluding hydrogens is 428 g/mol. The summed E-state index contributed by atoms with van der Waals surface area (Å²) in [6, 6.07) is 17.4. The Morgan fingerprint density at radius 3 is 2.03 bits per heavy atom. The topological polar surface area (TPSA) is 91.9 Å². The monoisotopic (exact) mass is 454 g/mol. The number of Topliss-reactive ketones (excluding diaryl/α,β-unsaturated/α-hetero) is 1. The normalized spacial score (nSPS) is 14.8. The Morgan fingerprint density at radius 2 is 1.44 bits per heavy atom. The molecule has 1 aliphatic rings. The standard InChI is InChI=1S/C28H26N2O4/c1-2-30-24-13-9-19(27(32)18-7-11-21(31)12-8-18)15-22(24)23-16-20(10-14-25(23)30)28(33)26(29-34)17-5-3-4-6-17/h7-17,31,34H,2-6H2,1H3/b29-26+. The van der Waals surface area contributed by atoms with Crippen molar-refractivity contribution in [3.8, 4) is 5.75 Å². The lowest BCUT2D eigenvalue weighted by Gasteiger charge is -2.10. The highest BCUT2D eigenvalue weighted by Crippen LogP contribution is 2.33. The fourth-order valence-corrected chi connectivity index (χ4v) is 5.17. The van der Waals surface area contributed by atoms with Crippen LogP contribution in [0.4, 0.5) is 0 Å². The van der Waals surface area contributed by atoms with Crippen molar-refractivity contribution in [1.29, 1.82) is 0 Å². The number of phenols is 1. The first-order chi connectivity index (χ1) is 16.5. The van der Waals surface area contributed by atoms with Crippen molar-refractivity contribution in [2.24, 2.45) is 11.1 Å². The van der Waals surface area contributed by atoms with Crippen LogP contribution in [0.3, 0.4) is 0 Å². The smallest absolute Gasteiger partial charge is 0.210 e. The Labute approximate surface area is 197 Å². The van der Waals surface area contributed by atoms with Gasteiger partial charge in [0.25, 0.3) is 0 Å². The summed E-state index contributed by atoms with van der Waals surface area (Å²) in [7, 11) is 0. The van der Waals surface area contributed by atoms with Crippen LogP contribution in [0, 0.1) is 5.92 Å². The first kappa shape index (κ1) is 21.9. The molecule has 34 heavy (non-hydrogen) atoms. The molecule has 1 heterocycles. The van der Waals surface area contributed by atoms with Crippen molar-refractivity contribution < 1.29 is 19.9 Å². The highest BCUT2D eigenvalue weighted by Gasteiger charge is 2.28.